The van der Waals surface area contributed by atoms with Gasteiger partial charge in [-0.05, 0) is 56.3 Å². The van der Waals surface area contributed by atoms with Crippen LogP contribution in [-0.4, -0.2) is 24.0 Å². The molecule has 1 N–H and O–H groups in total. The summed E-state index contributed by atoms with van der Waals surface area (Å²) in [7, 11) is 0. The quantitative estimate of drug-likeness (QED) is 0.860. The first-order chi connectivity index (χ1) is 9.95. The molecule has 3 nitrogen and oxygen atoms in total. The Kier molecular flexibility index (Phi) is 5.88. The second-order valence-electron chi connectivity index (χ2n) is 7.21. The van der Waals surface area contributed by atoms with E-state index in [4.69, 9.17) is 4.42 Å². The van der Waals surface area contributed by atoms with Crippen molar-refractivity contribution in [3.63, 3.8) is 0 Å². The van der Waals surface area contributed by atoms with Gasteiger partial charge in [-0.1, -0.05) is 27.7 Å². The average Bonchev–Trinajstić information content (AvgIpc) is 2.77. The van der Waals surface area contributed by atoms with Crippen molar-refractivity contribution >= 4 is 0 Å². The average molecular weight is 292 g/mol. The monoisotopic (exact) mass is 292 g/mol. The maximum atomic E-state index is 6.04. The Morgan fingerprint density at radius 3 is 2.48 bits per heavy atom. The van der Waals surface area contributed by atoms with Crippen LogP contribution in [0.15, 0.2) is 10.5 Å². The summed E-state index contributed by atoms with van der Waals surface area (Å²) in [4.78, 5) is 2.54. The van der Waals surface area contributed by atoms with Gasteiger partial charge in [-0.15, -0.1) is 0 Å². The van der Waals surface area contributed by atoms with Crippen LogP contribution in [0.25, 0.3) is 0 Å². The third-order valence-corrected chi connectivity index (χ3v) is 4.70. The van der Waals surface area contributed by atoms with Crippen LogP contribution in [0.2, 0.25) is 0 Å². The summed E-state index contributed by atoms with van der Waals surface area (Å²) in [6.07, 6.45) is 2.66. The molecule has 0 atom stereocenters. The predicted octanol–water partition coefficient (Wildman–Crippen LogP) is 3.95. The Labute approximate surface area is 130 Å². The first-order valence-corrected chi connectivity index (χ1v) is 8.49. The minimum Gasteiger partial charge on any atom is -0.463 e. The second-order valence-corrected chi connectivity index (χ2v) is 7.21. The summed E-state index contributed by atoms with van der Waals surface area (Å²) in [5.74, 6) is 3.95. The number of nitrogens with zero attached hydrogens (tertiary/aromatic N) is 1. The van der Waals surface area contributed by atoms with Gasteiger partial charge in [0.2, 0.25) is 0 Å². The number of furan rings is 1. The molecule has 0 spiro atoms. The topological polar surface area (TPSA) is 28.4 Å². The van der Waals surface area contributed by atoms with Crippen molar-refractivity contribution in [2.75, 3.05) is 13.1 Å². The highest BCUT2D eigenvalue weighted by atomic mass is 16.3. The van der Waals surface area contributed by atoms with Crippen molar-refractivity contribution in [2.45, 2.75) is 66.6 Å². The molecular formula is C18H32N2O. The van der Waals surface area contributed by atoms with Crippen LogP contribution in [0.3, 0.4) is 0 Å². The Morgan fingerprint density at radius 1 is 1.24 bits per heavy atom. The number of nitrogens with one attached hydrogen (secondary N) is 1. The highest BCUT2D eigenvalue weighted by Crippen LogP contribution is 2.26. The molecule has 1 saturated heterocycles. The molecule has 2 rings (SSSR count). The fourth-order valence-electron chi connectivity index (χ4n) is 3.14. The lowest BCUT2D eigenvalue weighted by atomic mass is 9.87. The molecule has 0 amide bonds. The van der Waals surface area contributed by atoms with E-state index in [2.05, 4.69) is 50.9 Å². The van der Waals surface area contributed by atoms with Gasteiger partial charge in [-0.3, -0.25) is 4.90 Å². The van der Waals surface area contributed by atoms with E-state index < -0.39 is 0 Å². The Balaban J connectivity index is 1.85. The van der Waals surface area contributed by atoms with Crippen molar-refractivity contribution < 1.29 is 4.42 Å². The van der Waals surface area contributed by atoms with Gasteiger partial charge in [0.05, 0.1) is 13.1 Å². The van der Waals surface area contributed by atoms with Crippen molar-refractivity contribution in [3.8, 4) is 0 Å². The molecule has 21 heavy (non-hydrogen) atoms. The highest BCUT2D eigenvalue weighted by Gasteiger charge is 2.22. The van der Waals surface area contributed by atoms with Crippen LogP contribution in [-0.2, 0) is 13.1 Å². The molecule has 1 aliphatic rings. The molecule has 0 unspecified atom stereocenters. The summed E-state index contributed by atoms with van der Waals surface area (Å²) >= 11 is 0. The third kappa shape index (κ3) is 4.86. The summed E-state index contributed by atoms with van der Waals surface area (Å²) in [5.41, 5.74) is 1.27. The molecule has 1 aromatic rings. The van der Waals surface area contributed by atoms with Gasteiger partial charge in [0.1, 0.15) is 11.5 Å². The van der Waals surface area contributed by atoms with Crippen LogP contribution in [0.4, 0.5) is 0 Å². The van der Waals surface area contributed by atoms with Crippen LogP contribution < -0.4 is 5.32 Å². The van der Waals surface area contributed by atoms with Crippen molar-refractivity contribution in [2.24, 2.45) is 11.8 Å². The largest absolute Gasteiger partial charge is 0.463 e. The summed E-state index contributed by atoms with van der Waals surface area (Å²) < 4.78 is 6.04. The summed E-state index contributed by atoms with van der Waals surface area (Å²) in [5, 5.41) is 3.43. The second kappa shape index (κ2) is 7.46. The van der Waals surface area contributed by atoms with E-state index in [1.807, 2.05) is 0 Å². The Morgan fingerprint density at radius 2 is 1.90 bits per heavy atom. The smallest absolute Gasteiger partial charge is 0.120 e. The number of hydrogen-bond acceptors (Lipinski definition) is 3. The zero-order chi connectivity index (χ0) is 15.4. The lowest BCUT2D eigenvalue weighted by Gasteiger charge is -2.33. The fourth-order valence-corrected chi connectivity index (χ4v) is 3.14. The lowest BCUT2D eigenvalue weighted by Crippen LogP contribution is -2.34. The molecule has 0 saturated carbocycles. The lowest BCUT2D eigenvalue weighted by molar-refractivity contribution is 0.143. The summed E-state index contributed by atoms with van der Waals surface area (Å²) in [6.45, 7) is 15.4. The number of piperidine rings is 1. The number of likely N-dealkylation sites (tertiary alicyclic amines) is 1. The summed E-state index contributed by atoms with van der Waals surface area (Å²) in [6, 6.07) is 2.71. The first-order valence-electron chi connectivity index (χ1n) is 8.49. The van der Waals surface area contributed by atoms with Crippen molar-refractivity contribution in [3.05, 3.63) is 23.2 Å². The molecule has 0 aliphatic carbocycles. The Bertz CT molecular complexity index is 428. The minimum atomic E-state index is 0.494. The van der Waals surface area contributed by atoms with Gasteiger partial charge in [0.25, 0.3) is 0 Å². The van der Waals surface area contributed by atoms with Gasteiger partial charge in [-0.2, -0.15) is 0 Å². The van der Waals surface area contributed by atoms with Crippen LogP contribution in [0, 0.1) is 18.8 Å². The molecular weight excluding hydrogens is 260 g/mol. The maximum absolute atomic E-state index is 6.04. The first kappa shape index (κ1) is 16.6. The molecule has 3 heteroatoms. The standard InChI is InChI=1S/C18H32N2O/c1-13(2)16-6-8-20(9-7-16)12-17-10-15(5)18(21-17)11-19-14(3)4/h10,13-14,16,19H,6-9,11-12H2,1-5H3. The molecule has 2 heterocycles. The van der Waals surface area contributed by atoms with Crippen molar-refractivity contribution in [1.82, 2.24) is 10.2 Å². The molecule has 1 aromatic heterocycles. The van der Waals surface area contributed by atoms with Gasteiger partial charge < -0.3 is 9.73 Å². The fraction of sp³-hybridized carbons (Fsp3) is 0.778. The zero-order valence-electron chi connectivity index (χ0n) is 14.4. The predicted molar refractivity (Wildman–Crippen MR) is 88.3 cm³/mol. The highest BCUT2D eigenvalue weighted by molar-refractivity contribution is 5.20. The molecule has 1 fully saturated rings. The number of rotatable bonds is 6. The van der Waals surface area contributed by atoms with Gasteiger partial charge in [0, 0.05) is 6.04 Å². The van der Waals surface area contributed by atoms with E-state index in [-0.39, 0.29) is 0 Å². The SMILES string of the molecule is Cc1cc(CN2CCC(C(C)C)CC2)oc1CNC(C)C. The van der Waals surface area contributed by atoms with Gasteiger partial charge in [-0.25, -0.2) is 0 Å². The normalized spacial score (nSPS) is 18.0. The van der Waals surface area contributed by atoms with Crippen molar-refractivity contribution in [1.29, 1.82) is 0 Å². The third-order valence-electron chi connectivity index (χ3n) is 4.70. The maximum Gasteiger partial charge on any atom is 0.120 e. The molecule has 0 bridgehead atoms. The Hall–Kier alpha value is -0.800. The van der Waals surface area contributed by atoms with E-state index >= 15 is 0 Å². The van der Waals surface area contributed by atoms with E-state index in [1.54, 1.807) is 0 Å². The van der Waals surface area contributed by atoms with E-state index in [0.29, 0.717) is 6.04 Å². The number of aryl methyl sites for hydroxylation is 1. The van der Waals surface area contributed by atoms with Gasteiger partial charge >= 0.3 is 0 Å². The van der Waals surface area contributed by atoms with E-state index in [0.717, 1.165) is 36.4 Å². The molecule has 120 valence electrons. The molecule has 0 aromatic carbocycles. The molecule has 0 radical (unpaired) electrons. The van der Waals surface area contributed by atoms with Crippen LogP contribution in [0.1, 0.15) is 57.6 Å². The van der Waals surface area contributed by atoms with Gasteiger partial charge in [0.15, 0.2) is 0 Å². The van der Waals surface area contributed by atoms with E-state index in [1.165, 1.54) is 31.5 Å². The van der Waals surface area contributed by atoms with E-state index in [9.17, 15) is 0 Å². The zero-order valence-corrected chi connectivity index (χ0v) is 14.4. The minimum absolute atomic E-state index is 0.494. The van der Waals surface area contributed by atoms with Crippen LogP contribution in [0.5, 0.6) is 0 Å². The molecule has 1 aliphatic heterocycles. The van der Waals surface area contributed by atoms with Crippen LogP contribution >= 0.6 is 0 Å². The number of hydrogen-bond donors (Lipinski definition) is 1.